The molecule has 0 amide bonds. The van der Waals surface area contributed by atoms with Crippen LogP contribution in [0.1, 0.15) is 29.8 Å². The number of hydrogen-bond acceptors (Lipinski definition) is 7. The number of halogens is 1. The first kappa shape index (κ1) is 25.2. The molecule has 0 radical (unpaired) electrons. The topological polar surface area (TPSA) is 115 Å². The number of fused-ring (bicyclic) bond motifs is 2. The van der Waals surface area contributed by atoms with Gasteiger partial charge >= 0.3 is 0 Å². The van der Waals surface area contributed by atoms with Gasteiger partial charge in [0.2, 0.25) is 0 Å². The molecule has 1 aliphatic heterocycles. The van der Waals surface area contributed by atoms with Crippen molar-refractivity contribution in [1.82, 2.24) is 30.1 Å². The molecular weight excluding hydrogens is 536 g/mol. The van der Waals surface area contributed by atoms with Crippen LogP contribution in [0.3, 0.4) is 0 Å². The number of aromatic nitrogens is 6. The van der Waals surface area contributed by atoms with Crippen molar-refractivity contribution in [2.24, 2.45) is 5.92 Å². The smallest absolute Gasteiger partial charge is 0.179 e. The van der Waals surface area contributed by atoms with E-state index in [2.05, 4.69) is 35.4 Å². The van der Waals surface area contributed by atoms with Crippen LogP contribution in [0, 0.1) is 5.92 Å². The largest absolute Gasteiger partial charge is 0.370 e. The number of ketones is 1. The average molecular weight is 563 g/mol. The number of hydrogen-bond donors (Lipinski definition) is 3. The molecular formula is C31H27ClN8O. The van der Waals surface area contributed by atoms with Crippen LogP contribution in [0.2, 0.25) is 5.02 Å². The Labute approximate surface area is 241 Å². The summed E-state index contributed by atoms with van der Waals surface area (Å²) in [6.45, 7) is 1.76. The molecule has 5 heterocycles. The fourth-order valence-electron chi connectivity index (χ4n) is 5.53. The number of rotatable bonds is 7. The zero-order valence-corrected chi connectivity index (χ0v) is 22.9. The third kappa shape index (κ3) is 5.24. The predicted molar refractivity (Wildman–Crippen MR) is 162 cm³/mol. The van der Waals surface area contributed by atoms with Gasteiger partial charge in [0.15, 0.2) is 11.6 Å². The zero-order chi connectivity index (χ0) is 27.8. The van der Waals surface area contributed by atoms with Gasteiger partial charge in [-0.2, -0.15) is 5.10 Å². The molecule has 0 aliphatic carbocycles. The zero-order valence-electron chi connectivity index (χ0n) is 22.1. The molecule has 1 aliphatic rings. The lowest BCUT2D eigenvalue weighted by atomic mass is 9.91. The standard InChI is InChI=1S/C31H27ClN8O/c32-24-18-33-9-5-28(24)40-11-7-19(8-12-40)13-29(41)27-15-20-1-2-21(16-26(20)37-27)31-34-10-6-30(38-31)36-23-3-4-25-22(14-23)17-35-39-25/h1-6,9-10,14-19,37H,7-8,11-13H2,(H,35,39)(H,34,36,38). The number of aromatic amines is 2. The van der Waals surface area contributed by atoms with E-state index in [4.69, 9.17) is 16.6 Å². The minimum Gasteiger partial charge on any atom is -0.370 e. The van der Waals surface area contributed by atoms with Gasteiger partial charge in [0, 0.05) is 65.6 Å². The SMILES string of the molecule is O=C(CC1CCN(c2ccncc2Cl)CC1)c1cc2ccc(-c3nccc(Nc4ccc5[nH]ncc5c4)n3)cc2[nH]1. The van der Waals surface area contributed by atoms with Crippen molar-refractivity contribution in [3.05, 3.63) is 90.1 Å². The summed E-state index contributed by atoms with van der Waals surface area (Å²) in [7, 11) is 0. The number of nitrogens with zero attached hydrogens (tertiary/aromatic N) is 5. The first-order valence-corrected chi connectivity index (χ1v) is 14.0. The summed E-state index contributed by atoms with van der Waals surface area (Å²) in [6.07, 6.45) is 9.40. The van der Waals surface area contributed by atoms with Crippen LogP contribution < -0.4 is 10.2 Å². The van der Waals surface area contributed by atoms with Crippen molar-refractivity contribution < 1.29 is 4.79 Å². The van der Waals surface area contributed by atoms with Crippen molar-refractivity contribution in [3.63, 3.8) is 0 Å². The van der Waals surface area contributed by atoms with Gasteiger partial charge in [-0.3, -0.25) is 14.9 Å². The molecule has 4 aromatic heterocycles. The summed E-state index contributed by atoms with van der Waals surface area (Å²) in [5.41, 5.74) is 5.31. The quantitative estimate of drug-likeness (QED) is 0.184. The molecule has 0 saturated carbocycles. The highest BCUT2D eigenvalue weighted by molar-refractivity contribution is 6.33. The predicted octanol–water partition coefficient (Wildman–Crippen LogP) is 6.78. The first-order valence-electron chi connectivity index (χ1n) is 13.6. The van der Waals surface area contributed by atoms with E-state index in [9.17, 15) is 4.79 Å². The number of anilines is 3. The van der Waals surface area contributed by atoms with E-state index in [1.54, 1.807) is 24.8 Å². The van der Waals surface area contributed by atoms with E-state index in [-0.39, 0.29) is 5.78 Å². The van der Waals surface area contributed by atoms with Gasteiger partial charge in [-0.05, 0) is 61.2 Å². The number of benzene rings is 2. The minimum absolute atomic E-state index is 0.139. The second-order valence-corrected chi connectivity index (χ2v) is 10.8. The molecule has 0 spiro atoms. The Bertz CT molecular complexity index is 1870. The number of Topliss-reactive ketones (excluding diaryl/α,β-unsaturated/α-hetero) is 1. The monoisotopic (exact) mass is 562 g/mol. The van der Waals surface area contributed by atoms with E-state index in [1.165, 1.54) is 0 Å². The highest BCUT2D eigenvalue weighted by Crippen LogP contribution is 2.31. The number of piperidine rings is 1. The average Bonchev–Trinajstić information content (AvgIpc) is 3.65. The molecule has 1 fully saturated rings. The Hall–Kier alpha value is -4.76. The third-order valence-electron chi connectivity index (χ3n) is 7.73. The number of H-pyrrole nitrogens is 2. The summed E-state index contributed by atoms with van der Waals surface area (Å²) in [5, 5.41) is 13.1. The van der Waals surface area contributed by atoms with Gasteiger partial charge in [-0.15, -0.1) is 0 Å². The second kappa shape index (κ2) is 10.7. The molecule has 0 atom stereocenters. The van der Waals surface area contributed by atoms with Gasteiger partial charge in [0.05, 0.1) is 28.1 Å². The summed E-state index contributed by atoms with van der Waals surface area (Å²) < 4.78 is 0. The van der Waals surface area contributed by atoms with Gasteiger partial charge in [-0.25, -0.2) is 9.97 Å². The number of pyridine rings is 1. The highest BCUT2D eigenvalue weighted by Gasteiger charge is 2.24. The fraction of sp³-hybridized carbons (Fsp3) is 0.194. The maximum absolute atomic E-state index is 13.2. The van der Waals surface area contributed by atoms with Crippen molar-refractivity contribution in [2.45, 2.75) is 19.3 Å². The summed E-state index contributed by atoms with van der Waals surface area (Å²) in [6, 6.07) is 17.7. The Kier molecular flexibility index (Phi) is 6.56. The second-order valence-electron chi connectivity index (χ2n) is 10.4. The molecule has 0 unspecified atom stereocenters. The maximum atomic E-state index is 13.2. The minimum atomic E-state index is 0.139. The maximum Gasteiger partial charge on any atom is 0.179 e. The van der Waals surface area contributed by atoms with E-state index < -0.39 is 0 Å². The lowest BCUT2D eigenvalue weighted by Crippen LogP contribution is -2.34. The van der Waals surface area contributed by atoms with Crippen LogP contribution in [-0.4, -0.2) is 49.0 Å². The van der Waals surface area contributed by atoms with Crippen LogP contribution in [0.15, 0.2) is 79.4 Å². The molecule has 204 valence electrons. The summed E-state index contributed by atoms with van der Waals surface area (Å²) >= 11 is 6.33. The van der Waals surface area contributed by atoms with Crippen molar-refractivity contribution in [1.29, 1.82) is 0 Å². The van der Waals surface area contributed by atoms with E-state index in [0.717, 1.165) is 64.7 Å². The number of carbonyl (C=O) groups is 1. The van der Waals surface area contributed by atoms with E-state index in [1.807, 2.05) is 54.6 Å². The van der Waals surface area contributed by atoms with Gasteiger partial charge in [-0.1, -0.05) is 23.7 Å². The first-order chi connectivity index (χ1) is 20.1. The molecule has 9 nitrogen and oxygen atoms in total. The lowest BCUT2D eigenvalue weighted by Gasteiger charge is -2.33. The van der Waals surface area contributed by atoms with Crippen LogP contribution >= 0.6 is 11.6 Å². The molecule has 2 aromatic carbocycles. The molecule has 3 N–H and O–H groups in total. The Morgan fingerprint density at radius 3 is 2.76 bits per heavy atom. The van der Waals surface area contributed by atoms with Crippen LogP contribution in [-0.2, 0) is 0 Å². The number of carbonyl (C=O) groups excluding carboxylic acids is 1. The van der Waals surface area contributed by atoms with Crippen LogP contribution in [0.5, 0.6) is 0 Å². The van der Waals surface area contributed by atoms with Crippen LogP contribution in [0.4, 0.5) is 17.2 Å². The fourth-order valence-corrected chi connectivity index (χ4v) is 5.77. The lowest BCUT2D eigenvalue weighted by molar-refractivity contribution is 0.0950. The van der Waals surface area contributed by atoms with Crippen LogP contribution in [0.25, 0.3) is 33.2 Å². The number of nitrogens with one attached hydrogen (secondary N) is 3. The van der Waals surface area contributed by atoms with Crippen molar-refractivity contribution in [2.75, 3.05) is 23.3 Å². The van der Waals surface area contributed by atoms with Gasteiger partial charge < -0.3 is 15.2 Å². The van der Waals surface area contributed by atoms with Crippen molar-refractivity contribution >= 4 is 56.4 Å². The molecule has 10 heteroatoms. The van der Waals surface area contributed by atoms with E-state index >= 15 is 0 Å². The molecule has 6 aromatic rings. The Morgan fingerprint density at radius 1 is 0.976 bits per heavy atom. The van der Waals surface area contributed by atoms with Gasteiger partial charge in [0.25, 0.3) is 0 Å². The normalized spacial score (nSPS) is 14.1. The van der Waals surface area contributed by atoms with Gasteiger partial charge in [0.1, 0.15) is 5.82 Å². The van der Waals surface area contributed by atoms with E-state index in [0.29, 0.717) is 34.7 Å². The molecule has 1 saturated heterocycles. The Morgan fingerprint density at radius 2 is 1.88 bits per heavy atom. The highest BCUT2D eigenvalue weighted by atomic mass is 35.5. The summed E-state index contributed by atoms with van der Waals surface area (Å²) in [4.78, 5) is 32.1. The molecule has 7 rings (SSSR count). The third-order valence-corrected chi connectivity index (χ3v) is 8.02. The summed E-state index contributed by atoms with van der Waals surface area (Å²) in [5.74, 6) is 1.78. The molecule has 41 heavy (non-hydrogen) atoms. The van der Waals surface area contributed by atoms with Crippen molar-refractivity contribution in [3.8, 4) is 11.4 Å². The Balaban J connectivity index is 1.03. The molecule has 0 bridgehead atoms.